The van der Waals surface area contributed by atoms with Crippen LogP contribution in [-0.4, -0.2) is 51.6 Å². The van der Waals surface area contributed by atoms with Gasteiger partial charge in [0.2, 0.25) is 5.95 Å². The van der Waals surface area contributed by atoms with Gasteiger partial charge in [-0.05, 0) is 51.1 Å². The Morgan fingerprint density at radius 2 is 1.97 bits per heavy atom. The molecule has 4 aromatic rings. The lowest BCUT2D eigenvalue weighted by Gasteiger charge is -2.23. The normalized spacial score (nSPS) is 14.1. The number of fused-ring (bicyclic) bond motifs is 1. The zero-order valence-electron chi connectivity index (χ0n) is 19.1. The number of thiazole rings is 1. The topological polar surface area (TPSA) is 117 Å². The van der Waals surface area contributed by atoms with E-state index in [0.29, 0.717) is 45.2 Å². The molecule has 0 bridgehead atoms. The standard InChI is InChI=1S/C24H25FN8OS/c1-2-27-23(34)33-24-32-20-19(25)16(11-17(21(20)35-24)18-5-3-4-8-28-18)14-12-29-22(30-13-14)31-15-6-9-26-10-7-15/h3-5,8,11-13,15,26H,2,6-7,9-10H2,1H3,(H,29,30,31)(H2,27,32,33,34). The van der Waals surface area contributed by atoms with Gasteiger partial charge in [0.1, 0.15) is 5.52 Å². The van der Waals surface area contributed by atoms with Crippen molar-refractivity contribution >= 4 is 38.7 Å². The third kappa shape index (κ3) is 5.05. The molecule has 0 radical (unpaired) electrons. The molecular weight excluding hydrogens is 467 g/mol. The molecule has 0 spiro atoms. The fourth-order valence-corrected chi connectivity index (χ4v) is 5.00. The van der Waals surface area contributed by atoms with Crippen molar-refractivity contribution in [2.24, 2.45) is 0 Å². The summed E-state index contributed by atoms with van der Waals surface area (Å²) in [5.41, 5.74) is 2.41. The number of carbonyl (C=O) groups excluding carboxylic acids is 1. The Hall–Kier alpha value is -3.70. The molecule has 2 amide bonds. The number of anilines is 2. The van der Waals surface area contributed by atoms with Crippen molar-refractivity contribution in [3.63, 3.8) is 0 Å². The summed E-state index contributed by atoms with van der Waals surface area (Å²) in [5, 5.41) is 12.3. The molecule has 4 heterocycles. The molecule has 1 saturated heterocycles. The van der Waals surface area contributed by atoms with Crippen molar-refractivity contribution in [1.82, 2.24) is 30.6 Å². The zero-order valence-corrected chi connectivity index (χ0v) is 20.0. The number of aromatic nitrogens is 4. The Morgan fingerprint density at radius 3 is 2.69 bits per heavy atom. The molecule has 11 heteroatoms. The minimum absolute atomic E-state index is 0.164. The number of amides is 2. The van der Waals surface area contributed by atoms with E-state index in [1.807, 2.05) is 25.1 Å². The van der Waals surface area contributed by atoms with Crippen LogP contribution < -0.4 is 21.3 Å². The number of benzene rings is 1. The number of halogens is 1. The minimum atomic E-state index is -0.498. The molecule has 35 heavy (non-hydrogen) atoms. The average Bonchev–Trinajstić information content (AvgIpc) is 3.30. The first kappa shape index (κ1) is 23.1. The summed E-state index contributed by atoms with van der Waals surface area (Å²) in [7, 11) is 0. The number of rotatable bonds is 6. The number of carbonyl (C=O) groups is 1. The monoisotopic (exact) mass is 492 g/mol. The van der Waals surface area contributed by atoms with Gasteiger partial charge in [-0.15, -0.1) is 0 Å². The molecule has 0 atom stereocenters. The molecule has 0 unspecified atom stereocenters. The molecule has 0 aliphatic carbocycles. The number of hydrogen-bond donors (Lipinski definition) is 4. The molecule has 1 aliphatic rings. The van der Waals surface area contributed by atoms with Gasteiger partial charge in [0.25, 0.3) is 0 Å². The van der Waals surface area contributed by atoms with Gasteiger partial charge in [-0.3, -0.25) is 10.3 Å². The first-order valence-corrected chi connectivity index (χ1v) is 12.3. The van der Waals surface area contributed by atoms with Gasteiger partial charge >= 0.3 is 6.03 Å². The number of piperidine rings is 1. The summed E-state index contributed by atoms with van der Waals surface area (Å²) in [5.74, 6) is 0.0247. The second-order valence-corrected chi connectivity index (χ2v) is 9.14. The van der Waals surface area contributed by atoms with E-state index in [-0.39, 0.29) is 5.52 Å². The molecule has 0 saturated carbocycles. The second kappa shape index (κ2) is 10.3. The summed E-state index contributed by atoms with van der Waals surface area (Å²) >= 11 is 1.20. The summed E-state index contributed by atoms with van der Waals surface area (Å²) in [4.78, 5) is 29.7. The van der Waals surface area contributed by atoms with E-state index in [9.17, 15) is 4.79 Å². The molecule has 1 fully saturated rings. The van der Waals surface area contributed by atoms with E-state index >= 15 is 4.39 Å². The van der Waals surface area contributed by atoms with Crippen LogP contribution in [0.1, 0.15) is 19.8 Å². The van der Waals surface area contributed by atoms with Crippen LogP contribution in [0, 0.1) is 5.82 Å². The van der Waals surface area contributed by atoms with Crippen molar-refractivity contribution in [3.05, 3.63) is 48.7 Å². The van der Waals surface area contributed by atoms with E-state index in [2.05, 4.69) is 41.2 Å². The highest BCUT2D eigenvalue weighted by molar-refractivity contribution is 7.22. The molecule has 180 valence electrons. The maximum absolute atomic E-state index is 15.7. The predicted octanol–water partition coefficient (Wildman–Crippen LogP) is 4.26. The van der Waals surface area contributed by atoms with Gasteiger partial charge in [0.15, 0.2) is 10.9 Å². The summed E-state index contributed by atoms with van der Waals surface area (Å²) in [6.07, 6.45) is 6.91. The van der Waals surface area contributed by atoms with Crippen LogP contribution in [0.25, 0.3) is 32.6 Å². The van der Waals surface area contributed by atoms with E-state index in [4.69, 9.17) is 0 Å². The average molecular weight is 493 g/mol. The van der Waals surface area contributed by atoms with Crippen LogP contribution in [0.4, 0.5) is 20.3 Å². The number of nitrogens with zero attached hydrogens (tertiary/aromatic N) is 4. The first-order chi connectivity index (χ1) is 17.1. The van der Waals surface area contributed by atoms with E-state index in [1.54, 1.807) is 24.7 Å². The second-order valence-electron chi connectivity index (χ2n) is 8.15. The minimum Gasteiger partial charge on any atom is -0.351 e. The van der Waals surface area contributed by atoms with Crippen molar-refractivity contribution in [2.75, 3.05) is 30.3 Å². The van der Waals surface area contributed by atoms with E-state index < -0.39 is 11.8 Å². The molecule has 9 nitrogen and oxygen atoms in total. The third-order valence-corrected chi connectivity index (χ3v) is 6.74. The van der Waals surface area contributed by atoms with Gasteiger partial charge < -0.3 is 16.0 Å². The SMILES string of the molecule is CCNC(=O)Nc1nc2c(F)c(-c3cnc(NC4CCNCC4)nc3)cc(-c3ccccn3)c2s1. The van der Waals surface area contributed by atoms with Crippen molar-refractivity contribution in [1.29, 1.82) is 0 Å². The van der Waals surface area contributed by atoms with Gasteiger partial charge in [-0.1, -0.05) is 17.4 Å². The fourth-order valence-electron chi connectivity index (χ4n) is 4.02. The number of nitrogens with one attached hydrogen (secondary N) is 4. The maximum Gasteiger partial charge on any atom is 0.321 e. The number of urea groups is 1. The summed E-state index contributed by atoms with van der Waals surface area (Å²) < 4.78 is 16.3. The molecule has 4 N–H and O–H groups in total. The van der Waals surface area contributed by atoms with Gasteiger partial charge in [-0.25, -0.2) is 24.1 Å². The quantitative estimate of drug-likeness (QED) is 0.318. The Balaban J connectivity index is 1.53. The van der Waals surface area contributed by atoms with Crippen molar-refractivity contribution in [3.8, 4) is 22.4 Å². The molecule has 3 aromatic heterocycles. The van der Waals surface area contributed by atoms with E-state index in [0.717, 1.165) is 31.5 Å². The highest BCUT2D eigenvalue weighted by atomic mass is 32.1. The maximum atomic E-state index is 15.7. The van der Waals surface area contributed by atoms with Crippen LogP contribution >= 0.6 is 11.3 Å². The zero-order chi connectivity index (χ0) is 24.2. The Labute approximate surface area is 205 Å². The molecule has 1 aliphatic heterocycles. The highest BCUT2D eigenvalue weighted by Crippen LogP contribution is 2.40. The Bertz CT molecular complexity index is 1320. The van der Waals surface area contributed by atoms with Crippen LogP contribution in [0.2, 0.25) is 0 Å². The van der Waals surface area contributed by atoms with Gasteiger partial charge in [0.05, 0.1) is 10.4 Å². The summed E-state index contributed by atoms with van der Waals surface area (Å²) in [6, 6.07) is 7.22. The van der Waals surface area contributed by atoms with Crippen LogP contribution in [0.15, 0.2) is 42.9 Å². The first-order valence-electron chi connectivity index (χ1n) is 11.5. The number of hydrogen-bond acceptors (Lipinski definition) is 8. The lowest BCUT2D eigenvalue weighted by Crippen LogP contribution is -2.35. The lowest BCUT2D eigenvalue weighted by atomic mass is 10.0. The van der Waals surface area contributed by atoms with Crippen LogP contribution in [0.5, 0.6) is 0 Å². The molecule has 1 aromatic carbocycles. The molecule has 5 rings (SSSR count). The van der Waals surface area contributed by atoms with Gasteiger partial charge in [-0.2, -0.15) is 0 Å². The van der Waals surface area contributed by atoms with Crippen LogP contribution in [-0.2, 0) is 0 Å². The summed E-state index contributed by atoms with van der Waals surface area (Å²) in [6.45, 7) is 4.21. The number of pyridine rings is 1. The smallest absolute Gasteiger partial charge is 0.321 e. The molecular formula is C24H25FN8OS. The third-order valence-electron chi connectivity index (χ3n) is 5.74. The Kier molecular flexibility index (Phi) is 6.77. The van der Waals surface area contributed by atoms with Crippen molar-refractivity contribution in [2.45, 2.75) is 25.8 Å². The lowest BCUT2D eigenvalue weighted by molar-refractivity contribution is 0.252. The highest BCUT2D eigenvalue weighted by Gasteiger charge is 2.21. The van der Waals surface area contributed by atoms with E-state index in [1.165, 1.54) is 11.3 Å². The fraction of sp³-hybridized carbons (Fsp3) is 0.292. The van der Waals surface area contributed by atoms with Crippen molar-refractivity contribution < 1.29 is 9.18 Å². The van der Waals surface area contributed by atoms with Crippen LogP contribution in [0.3, 0.4) is 0 Å². The van der Waals surface area contributed by atoms with Gasteiger partial charge in [0, 0.05) is 47.9 Å². The largest absolute Gasteiger partial charge is 0.351 e. The Morgan fingerprint density at radius 1 is 1.17 bits per heavy atom. The predicted molar refractivity (Wildman–Crippen MR) is 136 cm³/mol.